The number of carbonyl (C=O) groups excluding carboxylic acids is 2. The second kappa shape index (κ2) is 6.49. The number of benzene rings is 2. The molecule has 0 radical (unpaired) electrons. The largest absolute Gasteiger partial charge is 0.573 e. The van der Waals surface area contributed by atoms with E-state index in [1.54, 1.807) is 0 Å². The second-order valence-corrected chi connectivity index (χ2v) is 7.03. The van der Waals surface area contributed by atoms with Gasteiger partial charge < -0.3 is 14.2 Å². The van der Waals surface area contributed by atoms with Crippen LogP contribution in [0.15, 0.2) is 35.2 Å². The first kappa shape index (κ1) is 19.6. The van der Waals surface area contributed by atoms with Crippen LogP contribution in [0, 0.1) is 0 Å². The summed E-state index contributed by atoms with van der Waals surface area (Å²) in [5, 5.41) is 5.00. The summed E-state index contributed by atoms with van der Waals surface area (Å²) in [7, 11) is -3.43. The maximum atomic E-state index is 12.9. The van der Waals surface area contributed by atoms with E-state index >= 15 is 0 Å². The molecule has 1 aliphatic heterocycles. The van der Waals surface area contributed by atoms with Crippen LogP contribution in [0.1, 0.15) is 20.7 Å². The second-order valence-electron chi connectivity index (χ2n) is 5.50. The van der Waals surface area contributed by atoms with Gasteiger partial charge in [-0.3, -0.25) is 0 Å². The Kier molecular flexibility index (Phi) is 4.55. The third kappa shape index (κ3) is 3.51. The lowest BCUT2D eigenvalue weighted by atomic mass is 9.98. The molecule has 12 heteroatoms. The monoisotopic (exact) mass is 417 g/mol. The Balaban J connectivity index is 2.34. The summed E-state index contributed by atoms with van der Waals surface area (Å²) in [6.45, 7) is 0. The van der Waals surface area contributed by atoms with Gasteiger partial charge in [0.25, 0.3) is 0 Å². The van der Waals surface area contributed by atoms with E-state index in [2.05, 4.69) is 9.47 Å². The zero-order valence-electron chi connectivity index (χ0n) is 13.9. The summed E-state index contributed by atoms with van der Waals surface area (Å²) in [5.41, 5.74) is -0.889. The predicted octanol–water partition coefficient (Wildman–Crippen LogP) is 2.22. The molecule has 0 spiro atoms. The number of sulfonamides is 1. The Morgan fingerprint density at radius 3 is 2.14 bits per heavy atom. The molecule has 1 heterocycles. The molecule has 0 atom stereocenters. The molecule has 0 bridgehead atoms. The van der Waals surface area contributed by atoms with Gasteiger partial charge in [-0.25, -0.2) is 23.1 Å². The minimum atomic E-state index is -5.24. The van der Waals surface area contributed by atoms with Crippen molar-refractivity contribution in [3.05, 3.63) is 41.5 Å². The Bertz CT molecular complexity index is 1110. The van der Waals surface area contributed by atoms with Crippen molar-refractivity contribution in [2.45, 2.75) is 11.3 Å². The van der Waals surface area contributed by atoms with E-state index in [0.717, 1.165) is 30.3 Å². The number of hydrogen-bond donors (Lipinski definition) is 1. The summed E-state index contributed by atoms with van der Waals surface area (Å²) in [4.78, 5) is 22.5. The zero-order valence-corrected chi connectivity index (χ0v) is 14.7. The number of methoxy groups -OCH3 is 1. The molecule has 2 aromatic rings. The van der Waals surface area contributed by atoms with Crippen LogP contribution in [0.4, 0.5) is 13.2 Å². The number of halogens is 3. The Morgan fingerprint density at radius 2 is 1.61 bits per heavy atom. The van der Waals surface area contributed by atoms with Gasteiger partial charge in [0, 0.05) is 11.1 Å². The fourth-order valence-corrected chi connectivity index (χ4v) is 3.34. The molecule has 148 valence electrons. The summed E-state index contributed by atoms with van der Waals surface area (Å²) in [5.74, 6) is -3.18. The van der Waals surface area contributed by atoms with Crippen molar-refractivity contribution in [3.8, 4) is 22.6 Å². The first-order chi connectivity index (χ1) is 12.9. The van der Waals surface area contributed by atoms with E-state index in [1.807, 2.05) is 0 Å². The fraction of sp³-hybridized carbons (Fsp3) is 0.125. The number of ether oxygens (including phenoxy) is 3. The molecule has 0 aliphatic carbocycles. The van der Waals surface area contributed by atoms with E-state index < -0.39 is 39.0 Å². The Labute approximate surface area is 155 Å². The highest BCUT2D eigenvalue weighted by Crippen LogP contribution is 2.43. The molecule has 0 unspecified atom stereocenters. The molecule has 0 fully saturated rings. The third-order valence-electron chi connectivity index (χ3n) is 3.76. The van der Waals surface area contributed by atoms with Crippen molar-refractivity contribution >= 4 is 22.0 Å². The number of rotatable bonds is 4. The maximum absolute atomic E-state index is 12.9. The van der Waals surface area contributed by atoms with Crippen molar-refractivity contribution in [2.24, 2.45) is 5.14 Å². The van der Waals surface area contributed by atoms with Crippen LogP contribution >= 0.6 is 0 Å². The lowest BCUT2D eigenvalue weighted by Crippen LogP contribution is -2.21. The lowest BCUT2D eigenvalue weighted by molar-refractivity contribution is -0.275. The molecule has 1 aliphatic rings. The molecule has 3 rings (SSSR count). The molecule has 0 amide bonds. The molecule has 28 heavy (non-hydrogen) atoms. The molecule has 0 saturated carbocycles. The SMILES string of the molecule is COc1cc2c(cc1-c1cccc(S(N)(=O)=O)c1OC(F)(F)F)C(=O)OC2=O. The average Bonchev–Trinajstić information content (AvgIpc) is 2.85. The van der Waals surface area contributed by atoms with Crippen LogP contribution in [0.2, 0.25) is 0 Å². The highest BCUT2D eigenvalue weighted by Gasteiger charge is 2.37. The van der Waals surface area contributed by atoms with Gasteiger partial charge in [0.15, 0.2) is 5.75 Å². The first-order valence-corrected chi connectivity index (χ1v) is 8.87. The van der Waals surface area contributed by atoms with Crippen molar-refractivity contribution in [2.75, 3.05) is 7.11 Å². The number of carbonyl (C=O) groups is 2. The van der Waals surface area contributed by atoms with Crippen molar-refractivity contribution in [1.29, 1.82) is 0 Å². The molecular formula is C16H10F3NO7S. The minimum Gasteiger partial charge on any atom is -0.496 e. The van der Waals surface area contributed by atoms with E-state index in [0.29, 0.717) is 0 Å². The molecule has 8 nitrogen and oxygen atoms in total. The fourth-order valence-electron chi connectivity index (χ4n) is 2.66. The van der Waals surface area contributed by atoms with Crippen LogP contribution in [0.5, 0.6) is 11.5 Å². The van der Waals surface area contributed by atoms with Crippen molar-refractivity contribution in [1.82, 2.24) is 0 Å². The van der Waals surface area contributed by atoms with E-state index in [1.165, 1.54) is 7.11 Å². The summed E-state index contributed by atoms with van der Waals surface area (Å²) < 4.78 is 75.7. The third-order valence-corrected chi connectivity index (χ3v) is 4.69. The Morgan fingerprint density at radius 1 is 1.00 bits per heavy atom. The normalized spacial score (nSPS) is 13.9. The average molecular weight is 417 g/mol. The highest BCUT2D eigenvalue weighted by molar-refractivity contribution is 7.89. The topological polar surface area (TPSA) is 122 Å². The number of cyclic esters (lactones) is 2. The van der Waals surface area contributed by atoms with Gasteiger partial charge >= 0.3 is 18.3 Å². The van der Waals surface area contributed by atoms with Crippen molar-refractivity contribution in [3.63, 3.8) is 0 Å². The Hall–Kier alpha value is -3.12. The number of alkyl halides is 3. The molecule has 0 saturated heterocycles. The van der Waals surface area contributed by atoms with Gasteiger partial charge in [-0.2, -0.15) is 0 Å². The van der Waals surface area contributed by atoms with Crippen molar-refractivity contribution < 1.29 is 45.4 Å². The molecule has 2 N–H and O–H groups in total. The van der Waals surface area contributed by atoms with Gasteiger partial charge in [-0.1, -0.05) is 12.1 Å². The maximum Gasteiger partial charge on any atom is 0.573 e. The summed E-state index contributed by atoms with van der Waals surface area (Å²) in [6.07, 6.45) is -5.24. The predicted molar refractivity (Wildman–Crippen MR) is 86.2 cm³/mol. The zero-order chi connectivity index (χ0) is 20.9. The van der Waals surface area contributed by atoms with Crippen LogP contribution in [-0.2, 0) is 14.8 Å². The summed E-state index contributed by atoms with van der Waals surface area (Å²) in [6, 6.07) is 5.22. The lowest BCUT2D eigenvalue weighted by Gasteiger charge is -2.18. The molecular weight excluding hydrogens is 407 g/mol. The van der Waals surface area contributed by atoms with Gasteiger partial charge in [0.1, 0.15) is 10.6 Å². The van der Waals surface area contributed by atoms with Gasteiger partial charge in [0.05, 0.1) is 18.2 Å². The number of hydrogen-bond acceptors (Lipinski definition) is 7. The number of nitrogens with two attached hydrogens (primary N) is 1. The molecule has 2 aromatic carbocycles. The number of para-hydroxylation sites is 1. The number of fused-ring (bicyclic) bond motifs is 1. The van der Waals surface area contributed by atoms with Gasteiger partial charge in [-0.15, -0.1) is 13.2 Å². The standard InChI is InChI=1S/C16H10F3NO7S/c1-25-11-6-10-9(14(21)26-15(10)22)5-8(11)7-3-2-4-12(28(20,23)24)13(7)27-16(17,18)19/h2-6H,1H3,(H2,20,23,24). The van der Waals surface area contributed by atoms with E-state index in [4.69, 9.17) is 9.88 Å². The van der Waals surface area contributed by atoms with E-state index in [9.17, 15) is 31.2 Å². The van der Waals surface area contributed by atoms with Crippen LogP contribution in [0.3, 0.4) is 0 Å². The minimum absolute atomic E-state index is 0.121. The van der Waals surface area contributed by atoms with Crippen LogP contribution in [-0.4, -0.2) is 33.8 Å². The first-order valence-electron chi connectivity index (χ1n) is 7.33. The smallest absolute Gasteiger partial charge is 0.496 e. The van der Waals surface area contributed by atoms with Gasteiger partial charge in [0.2, 0.25) is 10.0 Å². The number of esters is 2. The summed E-state index contributed by atoms with van der Waals surface area (Å²) >= 11 is 0. The van der Waals surface area contributed by atoms with E-state index in [-0.39, 0.29) is 28.0 Å². The quantitative estimate of drug-likeness (QED) is 0.598. The highest BCUT2D eigenvalue weighted by atomic mass is 32.2. The van der Waals surface area contributed by atoms with Gasteiger partial charge in [-0.05, 0) is 18.2 Å². The van der Waals surface area contributed by atoms with Crippen LogP contribution in [0.25, 0.3) is 11.1 Å². The molecule has 0 aromatic heterocycles. The number of primary sulfonamides is 1. The van der Waals surface area contributed by atoms with Crippen LogP contribution < -0.4 is 14.6 Å².